The third-order valence-electron chi connectivity index (χ3n) is 2.45. The average Bonchev–Trinajstić information content (AvgIpc) is 2.33. The molecular formula is C11H26N2. The van der Waals surface area contributed by atoms with E-state index >= 15 is 0 Å². The van der Waals surface area contributed by atoms with Crippen LogP contribution in [-0.2, 0) is 0 Å². The summed E-state index contributed by atoms with van der Waals surface area (Å²) in [6.07, 6.45) is 1.35. The monoisotopic (exact) mass is 186 g/mol. The molecule has 0 aliphatic carbocycles. The maximum absolute atomic E-state index is 2.42. The van der Waals surface area contributed by atoms with Crippen LogP contribution in [0, 0.1) is 5.41 Å². The van der Waals surface area contributed by atoms with Crippen molar-refractivity contribution in [1.82, 2.24) is 9.80 Å². The van der Waals surface area contributed by atoms with E-state index < -0.39 is 0 Å². The van der Waals surface area contributed by atoms with Gasteiger partial charge in [-0.1, -0.05) is 20.8 Å². The molecule has 2 heteroatoms. The first-order valence-corrected chi connectivity index (χ1v) is 5.35. The summed E-state index contributed by atoms with van der Waals surface area (Å²) in [6.45, 7) is 10.1. The van der Waals surface area contributed by atoms with Crippen LogP contribution in [0.1, 0.15) is 27.2 Å². The van der Waals surface area contributed by atoms with Gasteiger partial charge >= 0.3 is 0 Å². The van der Waals surface area contributed by atoms with Gasteiger partial charge < -0.3 is 9.80 Å². The molecule has 13 heavy (non-hydrogen) atoms. The van der Waals surface area contributed by atoms with Gasteiger partial charge in [-0.15, -0.1) is 0 Å². The number of hydrogen-bond donors (Lipinski definition) is 0. The van der Waals surface area contributed by atoms with Crippen molar-refractivity contribution in [3.05, 3.63) is 0 Å². The first-order chi connectivity index (χ1) is 6.02. The number of likely N-dealkylation sites (tertiary alicyclic amines) is 1. The van der Waals surface area contributed by atoms with E-state index in [1.165, 1.54) is 26.1 Å². The Morgan fingerprint density at radius 1 is 1.31 bits per heavy atom. The molecule has 0 aromatic carbocycles. The van der Waals surface area contributed by atoms with Gasteiger partial charge in [-0.2, -0.15) is 0 Å². The minimum atomic E-state index is 0.540. The normalized spacial score (nSPS) is 28.8. The van der Waals surface area contributed by atoms with Crippen molar-refractivity contribution in [2.24, 2.45) is 5.41 Å². The smallest absolute Gasteiger partial charge is 0.00450 e. The molecule has 1 aliphatic heterocycles. The fourth-order valence-corrected chi connectivity index (χ4v) is 2.16. The van der Waals surface area contributed by atoms with Gasteiger partial charge in [0.05, 0.1) is 0 Å². The van der Waals surface area contributed by atoms with Gasteiger partial charge in [0.25, 0.3) is 0 Å². The molecule has 0 N–H and O–H groups in total. The van der Waals surface area contributed by atoms with Gasteiger partial charge in [-0.05, 0) is 39.5 Å². The van der Waals surface area contributed by atoms with Gasteiger partial charge in [0.2, 0.25) is 0 Å². The summed E-state index contributed by atoms with van der Waals surface area (Å²) in [6, 6.07) is 0. The highest BCUT2D eigenvalue weighted by atomic mass is 15.2. The summed E-state index contributed by atoms with van der Waals surface area (Å²) < 4.78 is 0. The van der Waals surface area contributed by atoms with Crippen molar-refractivity contribution in [3.8, 4) is 0 Å². The first kappa shape index (κ1) is 12.9. The Morgan fingerprint density at radius 3 is 2.15 bits per heavy atom. The Labute approximate surface area is 83.9 Å². The minimum Gasteiger partial charge on any atom is -0.309 e. The lowest BCUT2D eigenvalue weighted by molar-refractivity contribution is 0.221. The maximum Gasteiger partial charge on any atom is 0.00450 e. The molecule has 2 nitrogen and oxygen atoms in total. The lowest BCUT2D eigenvalue weighted by Gasteiger charge is -2.27. The van der Waals surface area contributed by atoms with Crippen LogP contribution in [-0.4, -0.2) is 50.6 Å². The van der Waals surface area contributed by atoms with E-state index in [0.29, 0.717) is 5.41 Å². The summed E-state index contributed by atoms with van der Waals surface area (Å²) in [4.78, 5) is 4.71. The van der Waals surface area contributed by atoms with E-state index in [9.17, 15) is 0 Å². The van der Waals surface area contributed by atoms with Crippen molar-refractivity contribution in [2.45, 2.75) is 27.2 Å². The summed E-state index contributed by atoms with van der Waals surface area (Å²) in [5.41, 5.74) is 0.540. The predicted molar refractivity (Wildman–Crippen MR) is 60.1 cm³/mol. The SMILES string of the molecule is CC.CN(C)CC1(C)CCN(C)C1. The van der Waals surface area contributed by atoms with Crippen LogP contribution in [0.25, 0.3) is 0 Å². The highest BCUT2D eigenvalue weighted by Gasteiger charge is 2.31. The molecule has 0 aromatic heterocycles. The largest absolute Gasteiger partial charge is 0.309 e. The van der Waals surface area contributed by atoms with E-state index in [-0.39, 0.29) is 0 Å². The van der Waals surface area contributed by atoms with E-state index in [1.807, 2.05) is 13.8 Å². The van der Waals surface area contributed by atoms with Crippen molar-refractivity contribution >= 4 is 0 Å². The topological polar surface area (TPSA) is 6.48 Å². The molecular weight excluding hydrogens is 160 g/mol. The zero-order valence-electron chi connectivity index (χ0n) is 10.2. The van der Waals surface area contributed by atoms with Crippen molar-refractivity contribution in [3.63, 3.8) is 0 Å². The molecule has 0 bridgehead atoms. The molecule has 0 radical (unpaired) electrons. The van der Waals surface area contributed by atoms with Crippen molar-refractivity contribution in [1.29, 1.82) is 0 Å². The molecule has 80 valence electrons. The summed E-state index contributed by atoms with van der Waals surface area (Å²) >= 11 is 0. The Hall–Kier alpha value is -0.0800. The highest BCUT2D eigenvalue weighted by Crippen LogP contribution is 2.28. The van der Waals surface area contributed by atoms with Gasteiger partial charge in [-0.3, -0.25) is 0 Å². The fourth-order valence-electron chi connectivity index (χ4n) is 2.16. The molecule has 0 spiro atoms. The molecule has 0 aromatic rings. The van der Waals surface area contributed by atoms with E-state index in [0.717, 1.165) is 0 Å². The second-order valence-electron chi connectivity index (χ2n) is 4.54. The van der Waals surface area contributed by atoms with E-state index in [4.69, 9.17) is 0 Å². The third-order valence-corrected chi connectivity index (χ3v) is 2.45. The Balaban J connectivity index is 0.000000671. The molecule has 1 aliphatic rings. The fraction of sp³-hybridized carbons (Fsp3) is 1.00. The molecule has 1 unspecified atom stereocenters. The van der Waals surface area contributed by atoms with Gasteiger partial charge in [0, 0.05) is 13.1 Å². The first-order valence-electron chi connectivity index (χ1n) is 5.35. The van der Waals surface area contributed by atoms with E-state index in [1.54, 1.807) is 0 Å². The average molecular weight is 186 g/mol. The lowest BCUT2D eigenvalue weighted by Crippen LogP contribution is -2.33. The van der Waals surface area contributed by atoms with Crippen molar-refractivity contribution in [2.75, 3.05) is 40.8 Å². The number of hydrogen-bond acceptors (Lipinski definition) is 2. The molecule has 1 fully saturated rings. The maximum atomic E-state index is 2.42. The summed E-state index contributed by atoms with van der Waals surface area (Å²) in [5, 5.41) is 0. The second kappa shape index (κ2) is 5.61. The predicted octanol–water partition coefficient (Wildman–Crippen LogP) is 1.92. The number of rotatable bonds is 2. The van der Waals surface area contributed by atoms with E-state index in [2.05, 4.69) is 37.9 Å². The summed E-state index contributed by atoms with van der Waals surface area (Å²) in [5.74, 6) is 0. The zero-order valence-corrected chi connectivity index (χ0v) is 10.2. The van der Waals surface area contributed by atoms with Gasteiger partial charge in [0.1, 0.15) is 0 Å². The van der Waals surface area contributed by atoms with Gasteiger partial charge in [0.15, 0.2) is 0 Å². The molecule has 1 atom stereocenters. The van der Waals surface area contributed by atoms with Crippen LogP contribution < -0.4 is 0 Å². The molecule has 0 amide bonds. The van der Waals surface area contributed by atoms with Crippen molar-refractivity contribution < 1.29 is 0 Å². The zero-order chi connectivity index (χ0) is 10.5. The van der Waals surface area contributed by atoms with Gasteiger partial charge in [-0.25, -0.2) is 0 Å². The molecule has 1 heterocycles. The second-order valence-corrected chi connectivity index (χ2v) is 4.54. The minimum absolute atomic E-state index is 0.540. The number of nitrogens with zero attached hydrogens (tertiary/aromatic N) is 2. The van der Waals surface area contributed by atoms with Crippen LogP contribution in [0.15, 0.2) is 0 Å². The molecule has 1 saturated heterocycles. The van der Waals surface area contributed by atoms with Crippen LogP contribution in [0.2, 0.25) is 0 Å². The quantitative estimate of drug-likeness (QED) is 0.650. The standard InChI is InChI=1S/C9H20N2.C2H6/c1-9(7-10(2)3)5-6-11(4)8-9;1-2/h5-8H2,1-4H3;1-2H3. The lowest BCUT2D eigenvalue weighted by atomic mass is 9.89. The van der Waals surface area contributed by atoms with Crippen LogP contribution in [0.4, 0.5) is 0 Å². The van der Waals surface area contributed by atoms with Crippen LogP contribution in [0.3, 0.4) is 0 Å². The summed E-state index contributed by atoms with van der Waals surface area (Å²) in [7, 11) is 6.52. The van der Waals surface area contributed by atoms with Crippen LogP contribution >= 0.6 is 0 Å². The molecule has 1 rings (SSSR count). The highest BCUT2D eigenvalue weighted by molar-refractivity contribution is 4.86. The third kappa shape index (κ3) is 4.63. The molecule has 0 saturated carbocycles. The Morgan fingerprint density at radius 2 is 1.85 bits per heavy atom. The Kier molecular flexibility index (Phi) is 5.57. The van der Waals surface area contributed by atoms with Crippen LogP contribution in [0.5, 0.6) is 0 Å². The Bertz CT molecular complexity index is 134.